The standard InChI is InChI=1S/C26H32ClN6O5P/c1-15(2)36-25(34)26(4,5)32-39(38-19-8-6-18(27)7-9-19)35-13-20-10-16(3)24(37-20)33-12-17(11-28)21-22(29)30-14-31-23(21)33/h6-9,12,14-16,20,24,32H,10,13H2,1-5H3,(H2,29,30,31). The summed E-state index contributed by atoms with van der Waals surface area (Å²) in [5, 5.41) is 13.9. The molecular weight excluding hydrogens is 543 g/mol. The Balaban J connectivity index is 1.49. The number of benzene rings is 1. The molecule has 0 spiro atoms. The normalized spacial score (nSPS) is 20.2. The van der Waals surface area contributed by atoms with Gasteiger partial charge in [-0.2, -0.15) is 5.26 Å². The van der Waals surface area contributed by atoms with Crippen LogP contribution >= 0.6 is 20.1 Å². The molecule has 13 heteroatoms. The molecule has 1 fully saturated rings. The topological polar surface area (TPSA) is 147 Å². The van der Waals surface area contributed by atoms with Crippen molar-refractivity contribution in [2.24, 2.45) is 5.92 Å². The molecule has 0 amide bonds. The second kappa shape index (κ2) is 12.0. The van der Waals surface area contributed by atoms with E-state index in [1.807, 2.05) is 4.57 Å². The number of fused-ring (bicyclic) bond motifs is 1. The third kappa shape index (κ3) is 6.78. The predicted octanol–water partition coefficient (Wildman–Crippen LogP) is 5.10. The number of nitrogens with two attached hydrogens (primary N) is 1. The molecule has 3 aromatic rings. The Morgan fingerprint density at radius 1 is 1.36 bits per heavy atom. The number of hydrogen-bond acceptors (Lipinski definition) is 10. The average molecular weight is 575 g/mol. The van der Waals surface area contributed by atoms with E-state index in [1.165, 1.54) is 6.33 Å². The van der Waals surface area contributed by atoms with Gasteiger partial charge in [-0.25, -0.2) is 15.1 Å². The summed E-state index contributed by atoms with van der Waals surface area (Å²) in [6.07, 6.45) is 2.83. The average Bonchev–Trinajstić information content (AvgIpc) is 3.43. The van der Waals surface area contributed by atoms with Gasteiger partial charge in [0.05, 0.1) is 29.8 Å². The van der Waals surface area contributed by atoms with Crippen LogP contribution in [0.2, 0.25) is 5.02 Å². The summed E-state index contributed by atoms with van der Waals surface area (Å²) in [4.78, 5) is 21.1. The van der Waals surface area contributed by atoms with Crippen LogP contribution in [0.15, 0.2) is 36.8 Å². The first-order valence-corrected chi connectivity index (χ1v) is 14.1. The van der Waals surface area contributed by atoms with Gasteiger partial charge in [-0.05, 0) is 58.4 Å². The van der Waals surface area contributed by atoms with Gasteiger partial charge in [0.2, 0.25) is 0 Å². The first-order chi connectivity index (χ1) is 18.5. The highest BCUT2D eigenvalue weighted by molar-refractivity contribution is 7.45. The van der Waals surface area contributed by atoms with E-state index >= 15 is 0 Å². The zero-order valence-electron chi connectivity index (χ0n) is 22.4. The lowest BCUT2D eigenvalue weighted by Crippen LogP contribution is -2.46. The van der Waals surface area contributed by atoms with E-state index in [1.54, 1.807) is 58.2 Å². The van der Waals surface area contributed by atoms with Crippen molar-refractivity contribution in [2.45, 2.75) is 65.0 Å². The third-order valence-electron chi connectivity index (χ3n) is 6.09. The molecule has 1 saturated heterocycles. The molecule has 1 aliphatic heterocycles. The number of nitrogen functional groups attached to an aromatic ring is 1. The molecule has 0 saturated carbocycles. The fourth-order valence-corrected chi connectivity index (χ4v) is 5.66. The van der Waals surface area contributed by atoms with E-state index in [0.29, 0.717) is 33.8 Å². The van der Waals surface area contributed by atoms with Crippen molar-refractivity contribution >= 4 is 42.9 Å². The number of carbonyl (C=O) groups excluding carboxylic acids is 1. The number of hydrogen-bond donors (Lipinski definition) is 2. The van der Waals surface area contributed by atoms with Crippen LogP contribution in [0, 0.1) is 17.2 Å². The van der Waals surface area contributed by atoms with Crippen molar-refractivity contribution in [3.8, 4) is 11.8 Å². The lowest BCUT2D eigenvalue weighted by molar-refractivity contribution is -0.153. The highest BCUT2D eigenvalue weighted by Gasteiger charge is 2.38. The second-order valence-corrected chi connectivity index (χ2v) is 11.8. The number of rotatable bonds is 10. The molecule has 208 valence electrons. The number of nitriles is 1. The lowest BCUT2D eigenvalue weighted by atomic mass is 10.1. The lowest BCUT2D eigenvalue weighted by Gasteiger charge is -2.29. The highest BCUT2D eigenvalue weighted by atomic mass is 35.5. The van der Waals surface area contributed by atoms with Crippen LogP contribution in [0.3, 0.4) is 0 Å². The molecule has 2 aromatic heterocycles. The largest absolute Gasteiger partial charge is 0.462 e. The van der Waals surface area contributed by atoms with Gasteiger partial charge >= 0.3 is 14.5 Å². The number of carbonyl (C=O) groups is 1. The molecule has 0 bridgehead atoms. The number of anilines is 1. The smallest absolute Gasteiger partial charge is 0.326 e. The maximum atomic E-state index is 12.7. The number of ether oxygens (including phenoxy) is 2. The summed E-state index contributed by atoms with van der Waals surface area (Å²) >= 11 is 6.02. The molecular formula is C26H32ClN6O5P. The molecule has 4 unspecified atom stereocenters. The second-order valence-electron chi connectivity index (χ2n) is 10.2. The van der Waals surface area contributed by atoms with Gasteiger partial charge in [-0.15, -0.1) is 0 Å². The Labute approximate surface area is 233 Å². The molecule has 4 atom stereocenters. The molecule has 0 radical (unpaired) electrons. The quantitative estimate of drug-likeness (QED) is 0.247. The molecule has 1 aromatic carbocycles. The van der Waals surface area contributed by atoms with E-state index in [4.69, 9.17) is 35.9 Å². The van der Waals surface area contributed by atoms with Gasteiger partial charge in [-0.3, -0.25) is 4.79 Å². The van der Waals surface area contributed by atoms with Gasteiger partial charge in [0.1, 0.15) is 41.4 Å². The van der Waals surface area contributed by atoms with Crippen LogP contribution in [0.1, 0.15) is 52.8 Å². The number of nitrogens with zero attached hydrogens (tertiary/aromatic N) is 4. The molecule has 1 aliphatic rings. The number of aromatic nitrogens is 3. The van der Waals surface area contributed by atoms with Gasteiger partial charge < -0.3 is 28.8 Å². The maximum Gasteiger partial charge on any atom is 0.326 e. The van der Waals surface area contributed by atoms with Crippen LogP contribution in [0.25, 0.3) is 11.0 Å². The number of halogens is 1. The number of nitrogens with one attached hydrogen (secondary N) is 1. The minimum Gasteiger partial charge on any atom is -0.462 e. The third-order valence-corrected chi connectivity index (χ3v) is 7.84. The van der Waals surface area contributed by atoms with Crippen molar-refractivity contribution < 1.29 is 23.3 Å². The van der Waals surface area contributed by atoms with E-state index in [-0.39, 0.29) is 36.8 Å². The van der Waals surface area contributed by atoms with Crippen molar-refractivity contribution in [3.05, 3.63) is 47.4 Å². The first-order valence-electron chi connectivity index (χ1n) is 12.5. The van der Waals surface area contributed by atoms with Gasteiger partial charge in [0.25, 0.3) is 0 Å². The van der Waals surface area contributed by atoms with Gasteiger partial charge in [-0.1, -0.05) is 18.5 Å². The Hall–Kier alpha value is -3.00. The first kappa shape index (κ1) is 29.0. The van der Waals surface area contributed by atoms with Crippen LogP contribution in [-0.4, -0.2) is 44.9 Å². The summed E-state index contributed by atoms with van der Waals surface area (Å²) in [6, 6.07) is 9.03. The summed E-state index contributed by atoms with van der Waals surface area (Å²) in [5.41, 5.74) is 5.87. The summed E-state index contributed by atoms with van der Waals surface area (Å²) in [7, 11) is -1.78. The SMILES string of the molecule is CC(C)OC(=O)C(C)(C)NP(OCC1CC(C)C(n2cc(C#N)c3c(N)ncnc32)O1)Oc1ccc(Cl)cc1. The summed E-state index contributed by atoms with van der Waals surface area (Å²) in [6.45, 7) is 9.26. The minimum absolute atomic E-state index is 0.0887. The zero-order valence-corrected chi connectivity index (χ0v) is 24.1. The zero-order chi connectivity index (χ0) is 28.3. The molecule has 3 N–H and O–H groups in total. The van der Waals surface area contributed by atoms with Crippen LogP contribution in [-0.2, 0) is 18.8 Å². The van der Waals surface area contributed by atoms with Crippen LogP contribution in [0.5, 0.6) is 5.75 Å². The molecule has 4 rings (SSSR count). The number of esters is 1. The molecule has 0 aliphatic carbocycles. The van der Waals surface area contributed by atoms with Gasteiger partial charge in [0, 0.05) is 17.1 Å². The fourth-order valence-electron chi connectivity index (χ4n) is 4.21. The Morgan fingerprint density at radius 3 is 2.74 bits per heavy atom. The predicted molar refractivity (Wildman–Crippen MR) is 148 cm³/mol. The van der Waals surface area contributed by atoms with Crippen molar-refractivity contribution in [1.29, 1.82) is 5.26 Å². The summed E-state index contributed by atoms with van der Waals surface area (Å²) < 4.78 is 25.8. The molecule has 3 heterocycles. The van der Waals surface area contributed by atoms with Crippen molar-refractivity contribution in [2.75, 3.05) is 12.3 Å². The summed E-state index contributed by atoms with van der Waals surface area (Å²) in [5.74, 6) is 0.444. The van der Waals surface area contributed by atoms with Crippen LogP contribution in [0.4, 0.5) is 5.82 Å². The van der Waals surface area contributed by atoms with Crippen LogP contribution < -0.4 is 15.3 Å². The van der Waals surface area contributed by atoms with E-state index in [2.05, 4.69) is 28.0 Å². The van der Waals surface area contributed by atoms with E-state index in [0.717, 1.165) is 0 Å². The van der Waals surface area contributed by atoms with Gasteiger partial charge in [0.15, 0.2) is 0 Å². The monoisotopic (exact) mass is 574 g/mol. The highest BCUT2D eigenvalue weighted by Crippen LogP contribution is 2.42. The van der Waals surface area contributed by atoms with Crippen molar-refractivity contribution in [1.82, 2.24) is 19.6 Å². The Kier molecular flexibility index (Phi) is 8.94. The van der Waals surface area contributed by atoms with Crippen molar-refractivity contribution in [3.63, 3.8) is 0 Å². The Morgan fingerprint density at radius 2 is 2.08 bits per heavy atom. The van der Waals surface area contributed by atoms with E-state index in [9.17, 15) is 10.1 Å². The maximum absolute atomic E-state index is 12.7. The Bertz CT molecular complexity index is 1360. The molecule has 39 heavy (non-hydrogen) atoms. The minimum atomic E-state index is -1.78. The molecule has 11 nitrogen and oxygen atoms in total. The van der Waals surface area contributed by atoms with E-state index < -0.39 is 20.0 Å². The fraction of sp³-hybridized carbons (Fsp3) is 0.462.